The van der Waals surface area contributed by atoms with Gasteiger partial charge in [0.2, 0.25) is 0 Å². The van der Waals surface area contributed by atoms with Crippen LogP contribution in [0.4, 0.5) is 4.79 Å². The first kappa shape index (κ1) is 26.2. The van der Waals surface area contributed by atoms with Gasteiger partial charge in [-0.15, -0.1) is 0 Å². The minimum atomic E-state index is -0.507. The van der Waals surface area contributed by atoms with Crippen LogP contribution in [-0.4, -0.2) is 23.8 Å². The monoisotopic (exact) mass is 524 g/mol. The minimum Gasteiger partial charge on any atom is -0.465 e. The van der Waals surface area contributed by atoms with Crippen molar-refractivity contribution in [3.8, 4) is 22.5 Å². The molecule has 1 aliphatic carbocycles. The SMILES string of the molecule is CCOC(=O)C1(c2ccc(-c3ccc(-c4onc(C)c4COC(=O)NC(C)c4ccccc4)cc3)cc2)CC1. The highest BCUT2D eigenvalue weighted by Gasteiger charge is 2.52. The van der Waals surface area contributed by atoms with Gasteiger partial charge in [-0.3, -0.25) is 4.79 Å². The van der Waals surface area contributed by atoms with Crippen LogP contribution in [0.2, 0.25) is 0 Å². The molecule has 39 heavy (non-hydrogen) atoms. The molecule has 4 aromatic rings. The normalized spacial score (nSPS) is 14.3. The minimum absolute atomic E-state index is 0.0451. The molecule has 7 heteroatoms. The van der Waals surface area contributed by atoms with Crippen molar-refractivity contribution in [2.45, 2.75) is 51.7 Å². The summed E-state index contributed by atoms with van der Waals surface area (Å²) in [6.07, 6.45) is 1.15. The van der Waals surface area contributed by atoms with Gasteiger partial charge in [0, 0.05) is 5.56 Å². The lowest BCUT2D eigenvalue weighted by Gasteiger charge is -2.15. The molecule has 0 saturated heterocycles. The zero-order valence-corrected chi connectivity index (χ0v) is 22.4. The molecule has 1 fully saturated rings. The molecule has 1 N–H and O–H groups in total. The molecule has 1 heterocycles. The van der Waals surface area contributed by atoms with E-state index in [0.29, 0.717) is 18.1 Å². The molecule has 0 bridgehead atoms. The molecule has 1 atom stereocenters. The predicted molar refractivity (Wildman–Crippen MR) is 148 cm³/mol. The number of rotatable bonds is 9. The van der Waals surface area contributed by atoms with E-state index in [9.17, 15) is 9.59 Å². The number of nitrogens with one attached hydrogen (secondary N) is 1. The van der Waals surface area contributed by atoms with Gasteiger partial charge in [0.1, 0.15) is 6.61 Å². The maximum atomic E-state index is 12.4. The van der Waals surface area contributed by atoms with Crippen molar-refractivity contribution in [1.29, 1.82) is 0 Å². The van der Waals surface area contributed by atoms with E-state index in [1.54, 1.807) is 0 Å². The fraction of sp³-hybridized carbons (Fsp3) is 0.281. The maximum absolute atomic E-state index is 12.4. The van der Waals surface area contributed by atoms with E-state index in [2.05, 4.69) is 10.5 Å². The molecule has 3 aromatic carbocycles. The van der Waals surface area contributed by atoms with Crippen LogP contribution in [0.5, 0.6) is 0 Å². The Morgan fingerprint density at radius 3 is 2.15 bits per heavy atom. The Morgan fingerprint density at radius 2 is 1.54 bits per heavy atom. The van der Waals surface area contributed by atoms with Crippen molar-refractivity contribution >= 4 is 12.1 Å². The average Bonchev–Trinajstić information content (AvgIpc) is 3.70. The number of aromatic nitrogens is 1. The molecular weight excluding hydrogens is 492 g/mol. The third-order valence-corrected chi connectivity index (χ3v) is 7.30. The van der Waals surface area contributed by atoms with E-state index < -0.39 is 11.5 Å². The van der Waals surface area contributed by atoms with Gasteiger partial charge in [0.05, 0.1) is 29.3 Å². The average molecular weight is 525 g/mol. The molecular formula is C32H32N2O5. The van der Waals surface area contributed by atoms with Crippen molar-refractivity contribution in [2.24, 2.45) is 0 Å². The number of alkyl carbamates (subject to hydrolysis) is 1. The van der Waals surface area contributed by atoms with E-state index in [0.717, 1.165) is 46.2 Å². The van der Waals surface area contributed by atoms with Crippen LogP contribution in [0, 0.1) is 6.92 Å². The summed E-state index contributed by atoms with van der Waals surface area (Å²) in [6, 6.07) is 25.6. The number of amides is 1. The molecule has 7 nitrogen and oxygen atoms in total. The van der Waals surface area contributed by atoms with E-state index in [1.165, 1.54) is 0 Å². The third kappa shape index (κ3) is 5.58. The number of carbonyl (C=O) groups is 2. The molecule has 0 aliphatic heterocycles. The second-order valence-electron chi connectivity index (χ2n) is 9.89. The Bertz CT molecular complexity index is 1440. The molecule has 1 unspecified atom stereocenters. The lowest BCUT2D eigenvalue weighted by molar-refractivity contribution is -0.146. The first-order valence-electron chi connectivity index (χ1n) is 13.2. The summed E-state index contributed by atoms with van der Waals surface area (Å²) in [4.78, 5) is 24.8. The molecule has 0 spiro atoms. The zero-order chi connectivity index (χ0) is 27.4. The van der Waals surface area contributed by atoms with Gasteiger partial charge in [-0.05, 0) is 55.9 Å². The highest BCUT2D eigenvalue weighted by atomic mass is 16.6. The first-order chi connectivity index (χ1) is 18.9. The summed E-state index contributed by atoms with van der Waals surface area (Å²) < 4.78 is 16.4. The summed E-state index contributed by atoms with van der Waals surface area (Å²) in [7, 11) is 0. The predicted octanol–water partition coefficient (Wildman–Crippen LogP) is 6.90. The summed E-state index contributed by atoms with van der Waals surface area (Å²) in [5.74, 6) is 0.441. The molecule has 200 valence electrons. The summed E-state index contributed by atoms with van der Waals surface area (Å²) in [5, 5.41) is 6.96. The van der Waals surface area contributed by atoms with E-state index in [1.807, 2.05) is 99.6 Å². The molecule has 5 rings (SSSR count). The summed E-state index contributed by atoms with van der Waals surface area (Å²) in [5.41, 5.74) is 5.85. The molecule has 0 radical (unpaired) electrons. The fourth-order valence-electron chi connectivity index (χ4n) is 4.77. The smallest absolute Gasteiger partial charge is 0.407 e. The Kier molecular flexibility index (Phi) is 7.50. The van der Waals surface area contributed by atoms with Crippen molar-refractivity contribution in [1.82, 2.24) is 10.5 Å². The number of hydrogen-bond acceptors (Lipinski definition) is 6. The van der Waals surface area contributed by atoms with Gasteiger partial charge in [-0.25, -0.2) is 4.79 Å². The second-order valence-corrected chi connectivity index (χ2v) is 9.89. The van der Waals surface area contributed by atoms with Gasteiger partial charge in [0.15, 0.2) is 5.76 Å². The van der Waals surface area contributed by atoms with Crippen molar-refractivity contribution in [3.63, 3.8) is 0 Å². The zero-order valence-electron chi connectivity index (χ0n) is 22.4. The van der Waals surface area contributed by atoms with Crippen LogP contribution in [0.1, 0.15) is 55.1 Å². The molecule has 1 saturated carbocycles. The van der Waals surface area contributed by atoms with Crippen molar-refractivity contribution in [2.75, 3.05) is 6.61 Å². The maximum Gasteiger partial charge on any atom is 0.407 e. The van der Waals surface area contributed by atoms with E-state index in [-0.39, 0.29) is 18.6 Å². The number of nitrogens with zero attached hydrogens (tertiary/aromatic N) is 1. The second kappa shape index (κ2) is 11.2. The Morgan fingerprint density at radius 1 is 0.923 bits per heavy atom. The van der Waals surface area contributed by atoms with E-state index >= 15 is 0 Å². The highest BCUT2D eigenvalue weighted by molar-refractivity contribution is 5.87. The Labute approximate surface area is 228 Å². The number of ether oxygens (including phenoxy) is 2. The topological polar surface area (TPSA) is 90.7 Å². The van der Waals surface area contributed by atoms with Gasteiger partial charge >= 0.3 is 12.1 Å². The van der Waals surface area contributed by atoms with Crippen LogP contribution < -0.4 is 5.32 Å². The fourth-order valence-corrected chi connectivity index (χ4v) is 4.77. The van der Waals surface area contributed by atoms with Crippen LogP contribution in [0.15, 0.2) is 83.4 Å². The van der Waals surface area contributed by atoms with E-state index in [4.69, 9.17) is 14.0 Å². The number of carbonyl (C=O) groups excluding carboxylic acids is 2. The van der Waals surface area contributed by atoms with Gasteiger partial charge in [-0.2, -0.15) is 0 Å². The van der Waals surface area contributed by atoms with Crippen LogP contribution >= 0.6 is 0 Å². The molecule has 1 aromatic heterocycles. The standard InChI is InChI=1S/C32H32N2O5/c1-4-37-30(35)32(18-19-32)27-16-14-25(15-17-27)24-10-12-26(13-11-24)29-28(22(3)34-39-29)20-38-31(36)33-21(2)23-8-6-5-7-9-23/h5-17,21H,4,18-20H2,1-3H3,(H,33,36). The lowest BCUT2D eigenvalue weighted by atomic mass is 9.93. The summed E-state index contributed by atoms with van der Waals surface area (Å²) >= 11 is 0. The van der Waals surface area contributed by atoms with Crippen molar-refractivity contribution in [3.05, 3.63) is 101 Å². The van der Waals surface area contributed by atoms with Crippen molar-refractivity contribution < 1.29 is 23.6 Å². The Balaban J connectivity index is 1.24. The number of benzene rings is 3. The van der Waals surface area contributed by atoms with Crippen LogP contribution in [-0.2, 0) is 26.3 Å². The Hall–Kier alpha value is -4.39. The molecule has 1 amide bonds. The quantitative estimate of drug-likeness (QED) is 0.240. The first-order valence-corrected chi connectivity index (χ1v) is 13.2. The largest absolute Gasteiger partial charge is 0.465 e. The molecule has 1 aliphatic rings. The summed E-state index contributed by atoms with van der Waals surface area (Å²) in [6.45, 7) is 6.01. The third-order valence-electron chi connectivity index (χ3n) is 7.30. The van der Waals surface area contributed by atoms with Gasteiger partial charge in [0.25, 0.3) is 0 Å². The highest BCUT2D eigenvalue weighted by Crippen LogP contribution is 2.49. The number of aryl methyl sites for hydroxylation is 1. The van der Waals surface area contributed by atoms with Gasteiger partial charge < -0.3 is 19.3 Å². The lowest BCUT2D eigenvalue weighted by Crippen LogP contribution is -2.27. The van der Waals surface area contributed by atoms with Gasteiger partial charge in [-0.1, -0.05) is 84.0 Å². The number of hydrogen-bond donors (Lipinski definition) is 1. The van der Waals surface area contributed by atoms with Crippen LogP contribution in [0.25, 0.3) is 22.5 Å². The van der Waals surface area contributed by atoms with Crippen LogP contribution in [0.3, 0.4) is 0 Å². The number of esters is 1.